The zero-order chi connectivity index (χ0) is 27.4. The van der Waals surface area contributed by atoms with Crippen LogP contribution in [0.1, 0.15) is 41.5 Å². The van der Waals surface area contributed by atoms with Crippen molar-refractivity contribution in [3.05, 3.63) is 94.3 Å². The standard InChI is InChI=1S/C27H30F3NO5S/c1-18-20(16-25(32)33)9-12-24(36-2)26(18)23-11-10-22(27(28,29)30)15-21(23)17-31(37(3,34)35)14-13-19-7-5-4-6-8-19/h4-12,15,18,26H,13-14,16-17H2,1-3H3,(H,32,33). The number of ether oxygens (including phenoxy) is 1. The molecular weight excluding hydrogens is 507 g/mol. The normalized spacial score (nSPS) is 18.4. The fourth-order valence-electron chi connectivity index (χ4n) is 4.59. The number of methoxy groups -OCH3 is 1. The van der Waals surface area contributed by atoms with Crippen molar-refractivity contribution in [3.63, 3.8) is 0 Å². The number of carboxylic acid groups (broad SMARTS) is 1. The highest BCUT2D eigenvalue weighted by atomic mass is 32.2. The third-order valence-electron chi connectivity index (χ3n) is 6.56. The van der Waals surface area contributed by atoms with Crippen LogP contribution in [0.2, 0.25) is 0 Å². The van der Waals surface area contributed by atoms with Crippen LogP contribution in [0.15, 0.2) is 72.0 Å². The lowest BCUT2D eigenvalue weighted by Gasteiger charge is -2.33. The summed E-state index contributed by atoms with van der Waals surface area (Å²) in [6.07, 6.45) is -0.165. The maximum absolute atomic E-state index is 13.7. The van der Waals surface area contributed by atoms with Gasteiger partial charge in [0.2, 0.25) is 10.0 Å². The van der Waals surface area contributed by atoms with Gasteiger partial charge >= 0.3 is 12.1 Å². The molecule has 2 atom stereocenters. The van der Waals surface area contributed by atoms with Gasteiger partial charge in [0.15, 0.2) is 0 Å². The summed E-state index contributed by atoms with van der Waals surface area (Å²) >= 11 is 0. The van der Waals surface area contributed by atoms with E-state index in [1.165, 1.54) is 13.2 Å². The molecule has 0 fully saturated rings. The van der Waals surface area contributed by atoms with Crippen LogP contribution in [0.25, 0.3) is 0 Å². The largest absolute Gasteiger partial charge is 0.500 e. The van der Waals surface area contributed by atoms with Crippen LogP contribution >= 0.6 is 0 Å². The van der Waals surface area contributed by atoms with Gasteiger partial charge in [-0.15, -0.1) is 0 Å². The molecular formula is C27H30F3NO5S. The summed E-state index contributed by atoms with van der Waals surface area (Å²) in [4.78, 5) is 11.4. The number of rotatable bonds is 10. The fraction of sp³-hybridized carbons (Fsp3) is 0.370. The molecule has 0 saturated heterocycles. The number of alkyl halides is 3. The minimum Gasteiger partial charge on any atom is -0.500 e. The molecule has 0 saturated carbocycles. The third kappa shape index (κ3) is 7.23. The van der Waals surface area contributed by atoms with Gasteiger partial charge in [0.25, 0.3) is 0 Å². The van der Waals surface area contributed by atoms with Gasteiger partial charge in [-0.3, -0.25) is 4.79 Å². The van der Waals surface area contributed by atoms with E-state index in [2.05, 4.69) is 0 Å². The predicted octanol–water partition coefficient (Wildman–Crippen LogP) is 5.37. The summed E-state index contributed by atoms with van der Waals surface area (Å²) in [6, 6.07) is 12.5. The van der Waals surface area contributed by atoms with Gasteiger partial charge in [-0.1, -0.05) is 55.0 Å². The quantitative estimate of drug-likeness (QED) is 0.440. The van der Waals surface area contributed by atoms with Crippen molar-refractivity contribution in [2.24, 2.45) is 5.92 Å². The highest BCUT2D eigenvalue weighted by Gasteiger charge is 2.36. The molecule has 2 aromatic rings. The number of aliphatic carboxylic acids is 1. The van der Waals surface area contributed by atoms with E-state index in [0.717, 1.165) is 28.3 Å². The van der Waals surface area contributed by atoms with E-state index in [9.17, 15) is 31.5 Å². The number of nitrogens with zero attached hydrogens (tertiary/aromatic N) is 1. The maximum Gasteiger partial charge on any atom is 0.416 e. The van der Waals surface area contributed by atoms with Crippen molar-refractivity contribution in [1.29, 1.82) is 0 Å². The molecule has 0 heterocycles. The summed E-state index contributed by atoms with van der Waals surface area (Å²) in [5.74, 6) is -1.56. The number of carbonyl (C=O) groups is 1. The van der Waals surface area contributed by atoms with Gasteiger partial charge in [0.05, 0.1) is 25.3 Å². The Hall–Kier alpha value is -3.11. The summed E-state index contributed by atoms with van der Waals surface area (Å²) in [6.45, 7) is 1.59. The summed E-state index contributed by atoms with van der Waals surface area (Å²) < 4.78 is 73.0. The molecule has 0 spiro atoms. The van der Waals surface area contributed by atoms with Crippen LogP contribution in [-0.4, -0.2) is 43.7 Å². The Balaban J connectivity index is 2.06. The summed E-state index contributed by atoms with van der Waals surface area (Å²) in [5.41, 5.74) is 1.24. The van der Waals surface area contributed by atoms with E-state index < -0.39 is 39.6 Å². The Morgan fingerprint density at radius 3 is 2.35 bits per heavy atom. The minimum absolute atomic E-state index is 0.0793. The average Bonchev–Trinajstić information content (AvgIpc) is 2.82. The van der Waals surface area contributed by atoms with Crippen molar-refractivity contribution < 1.29 is 36.2 Å². The van der Waals surface area contributed by atoms with Gasteiger partial charge in [-0.05, 0) is 47.2 Å². The Morgan fingerprint density at radius 1 is 1.11 bits per heavy atom. The van der Waals surface area contributed by atoms with Gasteiger partial charge in [-0.25, -0.2) is 8.42 Å². The number of allylic oxidation sites excluding steroid dienone is 3. The average molecular weight is 538 g/mol. The van der Waals surface area contributed by atoms with Gasteiger partial charge in [0, 0.05) is 19.0 Å². The smallest absolute Gasteiger partial charge is 0.416 e. The molecule has 3 rings (SSSR count). The molecule has 0 aromatic heterocycles. The van der Waals surface area contributed by atoms with Crippen molar-refractivity contribution in [1.82, 2.24) is 4.31 Å². The lowest BCUT2D eigenvalue weighted by atomic mass is 9.75. The fourth-order valence-corrected chi connectivity index (χ4v) is 5.39. The minimum atomic E-state index is -4.63. The van der Waals surface area contributed by atoms with Crippen LogP contribution in [0, 0.1) is 5.92 Å². The second-order valence-corrected chi connectivity index (χ2v) is 11.1. The van der Waals surface area contributed by atoms with Crippen molar-refractivity contribution >= 4 is 16.0 Å². The molecule has 1 aliphatic carbocycles. The molecule has 1 aliphatic rings. The topological polar surface area (TPSA) is 83.9 Å². The predicted molar refractivity (Wildman–Crippen MR) is 134 cm³/mol. The zero-order valence-electron chi connectivity index (χ0n) is 20.8. The van der Waals surface area contributed by atoms with E-state index in [4.69, 9.17) is 4.74 Å². The first-order chi connectivity index (χ1) is 17.3. The lowest BCUT2D eigenvalue weighted by Crippen LogP contribution is -2.32. The van der Waals surface area contributed by atoms with E-state index in [0.29, 0.717) is 23.3 Å². The van der Waals surface area contributed by atoms with Crippen LogP contribution in [0.3, 0.4) is 0 Å². The van der Waals surface area contributed by atoms with Crippen molar-refractivity contribution in [2.75, 3.05) is 19.9 Å². The van der Waals surface area contributed by atoms with Crippen LogP contribution in [0.4, 0.5) is 13.2 Å². The molecule has 0 bridgehead atoms. The highest BCUT2D eigenvalue weighted by molar-refractivity contribution is 7.88. The first-order valence-corrected chi connectivity index (χ1v) is 13.5. The van der Waals surface area contributed by atoms with E-state index in [1.54, 1.807) is 19.1 Å². The van der Waals surface area contributed by atoms with E-state index in [-0.39, 0.29) is 25.1 Å². The van der Waals surface area contributed by atoms with E-state index >= 15 is 0 Å². The molecule has 6 nitrogen and oxygen atoms in total. The SMILES string of the molecule is COC1=CC=C(CC(=O)O)C(C)C1c1ccc(C(F)(F)F)cc1CN(CCc1ccccc1)S(C)(=O)=O. The second-order valence-electron chi connectivity index (χ2n) is 9.10. The summed E-state index contributed by atoms with van der Waals surface area (Å²) in [7, 11) is -2.33. The van der Waals surface area contributed by atoms with Crippen molar-refractivity contribution in [2.45, 2.75) is 38.4 Å². The number of hydrogen-bond acceptors (Lipinski definition) is 4. The van der Waals surface area contributed by atoms with Gasteiger partial charge in [-0.2, -0.15) is 17.5 Å². The molecule has 2 unspecified atom stereocenters. The Morgan fingerprint density at radius 2 is 1.78 bits per heavy atom. The number of hydrogen-bond donors (Lipinski definition) is 1. The second kappa shape index (κ2) is 11.5. The number of benzene rings is 2. The molecule has 0 amide bonds. The molecule has 0 aliphatic heterocycles. The van der Waals surface area contributed by atoms with Gasteiger partial charge < -0.3 is 9.84 Å². The molecule has 37 heavy (non-hydrogen) atoms. The molecule has 2 aromatic carbocycles. The van der Waals surface area contributed by atoms with Crippen LogP contribution < -0.4 is 0 Å². The number of sulfonamides is 1. The molecule has 1 N–H and O–H groups in total. The van der Waals surface area contributed by atoms with Crippen molar-refractivity contribution in [3.8, 4) is 0 Å². The van der Waals surface area contributed by atoms with Gasteiger partial charge in [0.1, 0.15) is 5.76 Å². The number of halogens is 3. The highest BCUT2D eigenvalue weighted by Crippen LogP contribution is 2.43. The monoisotopic (exact) mass is 537 g/mol. The molecule has 10 heteroatoms. The first kappa shape index (κ1) is 28.5. The van der Waals surface area contributed by atoms with Crippen LogP contribution in [0.5, 0.6) is 0 Å². The zero-order valence-corrected chi connectivity index (χ0v) is 21.6. The Bertz CT molecular complexity index is 1290. The van der Waals surface area contributed by atoms with E-state index in [1.807, 2.05) is 30.3 Å². The van der Waals surface area contributed by atoms with Crippen LogP contribution in [-0.2, 0) is 38.7 Å². The maximum atomic E-state index is 13.7. The third-order valence-corrected chi connectivity index (χ3v) is 7.81. The first-order valence-electron chi connectivity index (χ1n) is 11.7. The molecule has 200 valence electrons. The Labute approximate surface area is 215 Å². The summed E-state index contributed by atoms with van der Waals surface area (Å²) in [5, 5.41) is 9.31. The Kier molecular flexibility index (Phi) is 8.86. The lowest BCUT2D eigenvalue weighted by molar-refractivity contribution is -0.138. The molecule has 0 radical (unpaired) electrons. The number of carboxylic acids is 1.